The van der Waals surface area contributed by atoms with Crippen LogP contribution in [0.3, 0.4) is 0 Å². The number of benzene rings is 1. The summed E-state index contributed by atoms with van der Waals surface area (Å²) in [7, 11) is -1.94. The highest BCUT2D eigenvalue weighted by atomic mass is 28.3. The van der Waals surface area contributed by atoms with Gasteiger partial charge in [-0.3, -0.25) is 0 Å². The predicted molar refractivity (Wildman–Crippen MR) is 175 cm³/mol. The fourth-order valence-corrected chi connectivity index (χ4v) is 13.2. The molecule has 5 rings (SSSR count). The summed E-state index contributed by atoms with van der Waals surface area (Å²) in [6.45, 7) is 34.2. The summed E-state index contributed by atoms with van der Waals surface area (Å²) in [5.41, 5.74) is 15.7. The minimum absolute atomic E-state index is 0.141. The van der Waals surface area contributed by atoms with Crippen molar-refractivity contribution < 1.29 is 0 Å². The topological polar surface area (TPSA) is 0 Å². The third-order valence-electron chi connectivity index (χ3n) is 11.3. The van der Waals surface area contributed by atoms with E-state index in [0.717, 1.165) is 0 Å². The maximum atomic E-state index is 2.73. The molecule has 2 atom stereocenters. The van der Waals surface area contributed by atoms with Crippen LogP contribution in [0, 0.1) is 16.7 Å². The van der Waals surface area contributed by atoms with Gasteiger partial charge in [-0.05, 0) is 89.4 Å². The van der Waals surface area contributed by atoms with Crippen molar-refractivity contribution in [3.63, 3.8) is 0 Å². The van der Waals surface area contributed by atoms with Crippen molar-refractivity contribution in [1.82, 2.24) is 0 Å². The van der Waals surface area contributed by atoms with Crippen LogP contribution in [0.5, 0.6) is 0 Å². The van der Waals surface area contributed by atoms with Crippen LogP contribution < -0.4 is 0 Å². The largest absolute Gasteiger partial charge is 0.0911 e. The Morgan fingerprint density at radius 3 is 1.95 bits per heavy atom. The average Bonchev–Trinajstić information content (AvgIpc) is 3.32. The van der Waals surface area contributed by atoms with Gasteiger partial charge in [-0.25, -0.2) is 0 Å². The molecule has 0 bridgehead atoms. The second-order valence-corrected chi connectivity index (χ2v) is 21.0. The van der Waals surface area contributed by atoms with Crippen molar-refractivity contribution in [1.29, 1.82) is 0 Å². The first-order chi connectivity index (χ1) is 17.7. The molecule has 0 nitrogen and oxygen atoms in total. The van der Waals surface area contributed by atoms with Crippen molar-refractivity contribution in [2.75, 3.05) is 0 Å². The Morgan fingerprint density at radius 2 is 1.44 bits per heavy atom. The van der Waals surface area contributed by atoms with Gasteiger partial charge in [0.25, 0.3) is 0 Å². The van der Waals surface area contributed by atoms with E-state index in [1.165, 1.54) is 39.8 Å². The van der Waals surface area contributed by atoms with Crippen LogP contribution >= 0.6 is 0 Å². The molecule has 0 aromatic heterocycles. The Balaban J connectivity index is 1.72. The first-order valence-corrected chi connectivity index (χ1v) is 18.1. The van der Waals surface area contributed by atoms with Crippen molar-refractivity contribution >= 4 is 13.6 Å². The second-order valence-electron chi connectivity index (χ2n) is 16.2. The first kappa shape index (κ1) is 28.4. The minimum Gasteiger partial charge on any atom is -0.0737 e. The highest BCUT2D eigenvalue weighted by Crippen LogP contribution is 2.65. The molecular weight excluding hydrogens is 485 g/mol. The van der Waals surface area contributed by atoms with Gasteiger partial charge in [-0.1, -0.05) is 133 Å². The Morgan fingerprint density at radius 1 is 0.846 bits per heavy atom. The molecule has 0 radical (unpaired) electrons. The molecule has 1 aromatic carbocycles. The molecule has 1 heteroatoms. The molecule has 208 valence electrons. The predicted octanol–water partition coefficient (Wildman–Crippen LogP) is 11.3. The maximum absolute atomic E-state index is 2.73. The van der Waals surface area contributed by atoms with Gasteiger partial charge in [0.15, 0.2) is 0 Å². The molecule has 0 saturated heterocycles. The molecular formula is C38H52Si. The lowest BCUT2D eigenvalue weighted by atomic mass is 9.72. The molecule has 4 aliphatic carbocycles. The van der Waals surface area contributed by atoms with Gasteiger partial charge in [0.2, 0.25) is 0 Å². The molecule has 0 heterocycles. The van der Waals surface area contributed by atoms with Gasteiger partial charge >= 0.3 is 0 Å². The standard InChI is InChI=1S/C38H52Si/c1-23-19-29-30(34(23)39(13,14)38(12)21-24(2)25(3)26(38)4)20-31-33(37(10,11)22-36(31,8)9)32(29)27-15-17-28(18-16-27)35(5,6)7/h15-21,30H,22H2,1-14H3. The highest BCUT2D eigenvalue weighted by molar-refractivity contribution is 6.88. The van der Waals surface area contributed by atoms with E-state index in [2.05, 4.69) is 139 Å². The Labute approximate surface area is 240 Å². The second kappa shape index (κ2) is 8.45. The van der Waals surface area contributed by atoms with Crippen LogP contribution in [0.2, 0.25) is 18.1 Å². The normalized spacial score (nSPS) is 28.1. The molecule has 39 heavy (non-hydrogen) atoms. The molecule has 0 aliphatic heterocycles. The van der Waals surface area contributed by atoms with Crippen LogP contribution in [0.25, 0.3) is 5.57 Å². The molecule has 1 saturated carbocycles. The van der Waals surface area contributed by atoms with Gasteiger partial charge in [-0.2, -0.15) is 0 Å². The molecule has 4 aliphatic rings. The first-order valence-electron chi connectivity index (χ1n) is 15.1. The van der Waals surface area contributed by atoms with E-state index in [1.807, 2.05) is 0 Å². The fourth-order valence-electron chi connectivity index (χ4n) is 8.88. The van der Waals surface area contributed by atoms with E-state index < -0.39 is 8.07 Å². The lowest BCUT2D eigenvalue weighted by Crippen LogP contribution is -2.44. The van der Waals surface area contributed by atoms with Gasteiger partial charge in [0.1, 0.15) is 0 Å². The number of fused-ring (bicyclic) bond motifs is 2. The van der Waals surface area contributed by atoms with Crippen LogP contribution in [0.1, 0.15) is 101 Å². The summed E-state index contributed by atoms with van der Waals surface area (Å²) in [4.78, 5) is 0. The number of hydrogen-bond acceptors (Lipinski definition) is 0. The Hall–Kier alpha value is -2.12. The zero-order chi connectivity index (χ0) is 29.1. The fraction of sp³-hybridized carbons (Fsp3) is 0.526. The summed E-state index contributed by atoms with van der Waals surface area (Å²) in [5, 5.41) is 1.89. The number of allylic oxidation sites excluding steroid dienone is 12. The van der Waals surface area contributed by atoms with Crippen LogP contribution in [0.15, 0.2) is 86.7 Å². The van der Waals surface area contributed by atoms with Crippen LogP contribution in [-0.2, 0) is 5.41 Å². The minimum atomic E-state index is -1.94. The smallest absolute Gasteiger partial charge is 0.0737 e. The van der Waals surface area contributed by atoms with E-state index >= 15 is 0 Å². The van der Waals surface area contributed by atoms with E-state index in [1.54, 1.807) is 27.5 Å². The molecule has 0 spiro atoms. The molecule has 1 fully saturated rings. The zero-order valence-electron chi connectivity index (χ0n) is 27.3. The van der Waals surface area contributed by atoms with E-state index in [0.29, 0.717) is 5.92 Å². The molecule has 1 aromatic rings. The summed E-state index contributed by atoms with van der Waals surface area (Å²) >= 11 is 0. The van der Waals surface area contributed by atoms with Crippen molar-refractivity contribution in [2.45, 2.75) is 113 Å². The summed E-state index contributed by atoms with van der Waals surface area (Å²) < 4.78 is 0. The summed E-state index contributed by atoms with van der Waals surface area (Å²) in [5.74, 6) is 0.384. The maximum Gasteiger partial charge on any atom is 0.0911 e. The molecule has 0 N–H and O–H groups in total. The summed E-state index contributed by atoms with van der Waals surface area (Å²) in [6.07, 6.45) is 9.13. The van der Waals surface area contributed by atoms with Crippen molar-refractivity contribution in [3.8, 4) is 0 Å². The van der Waals surface area contributed by atoms with Crippen LogP contribution in [0.4, 0.5) is 0 Å². The van der Waals surface area contributed by atoms with Gasteiger partial charge in [0, 0.05) is 11.0 Å². The lowest BCUT2D eigenvalue weighted by Gasteiger charge is -2.45. The van der Waals surface area contributed by atoms with Crippen molar-refractivity contribution in [2.24, 2.45) is 16.7 Å². The number of hydrogen-bond donors (Lipinski definition) is 0. The van der Waals surface area contributed by atoms with E-state index in [-0.39, 0.29) is 21.3 Å². The lowest BCUT2D eigenvalue weighted by molar-refractivity contribution is 0.338. The summed E-state index contributed by atoms with van der Waals surface area (Å²) in [6, 6.07) is 9.59. The van der Waals surface area contributed by atoms with Gasteiger partial charge in [0.05, 0.1) is 8.07 Å². The molecule has 2 unspecified atom stereocenters. The SMILES string of the molecule is CC1=CC(C)([Si](C)(C)C2=C(C)C=C3C(c4ccc(C(C)(C)C)cc4)=C4C(=CC32)C(C)(C)CC4(C)C)C(C)=C1C. The van der Waals surface area contributed by atoms with E-state index in [9.17, 15) is 0 Å². The quantitative estimate of drug-likeness (QED) is 0.337. The monoisotopic (exact) mass is 536 g/mol. The Kier molecular flexibility index (Phi) is 6.15. The van der Waals surface area contributed by atoms with Crippen molar-refractivity contribution in [3.05, 3.63) is 97.8 Å². The molecule has 0 amide bonds. The number of rotatable bonds is 3. The average molecular weight is 537 g/mol. The van der Waals surface area contributed by atoms with E-state index in [4.69, 9.17) is 0 Å². The van der Waals surface area contributed by atoms with Gasteiger partial charge in [-0.15, -0.1) is 0 Å². The third-order valence-corrected chi connectivity index (χ3v) is 16.5. The Bertz CT molecular complexity index is 1450. The van der Waals surface area contributed by atoms with Gasteiger partial charge < -0.3 is 0 Å². The zero-order valence-corrected chi connectivity index (χ0v) is 28.3. The highest BCUT2D eigenvalue weighted by Gasteiger charge is 2.55. The third kappa shape index (κ3) is 3.97. The van der Waals surface area contributed by atoms with Crippen LogP contribution in [-0.4, -0.2) is 8.07 Å².